The summed E-state index contributed by atoms with van der Waals surface area (Å²) in [5, 5.41) is 13.6. The molecular weight excluding hydrogens is 468 g/mol. The van der Waals surface area contributed by atoms with Gasteiger partial charge in [0.2, 0.25) is 0 Å². The number of hydrogen-bond acceptors (Lipinski definition) is 6. The summed E-state index contributed by atoms with van der Waals surface area (Å²) in [4.78, 5) is 12.1. The van der Waals surface area contributed by atoms with Crippen molar-refractivity contribution in [2.45, 2.75) is 39.8 Å². The van der Waals surface area contributed by atoms with Crippen molar-refractivity contribution in [3.05, 3.63) is 77.5 Å². The smallest absolute Gasteiger partial charge is 0.310 e. The Balaban J connectivity index is 1.73. The van der Waals surface area contributed by atoms with Crippen LogP contribution in [0.1, 0.15) is 43.6 Å². The van der Waals surface area contributed by atoms with Crippen LogP contribution in [0.5, 0.6) is 11.5 Å². The van der Waals surface area contributed by atoms with Crippen molar-refractivity contribution in [2.75, 3.05) is 13.7 Å². The standard InChI is InChI=1S/C29H32N4O4/c1-5-36-28(34)16-20-8-6-7-9-26(20)37-17-24-23-14-19(10-12-25(23)33(32-24)18(2)3)22-15-21(29(30)31)11-13-27(22)35-4/h6-15,18H,5,16-17H2,1-4H3,(H3,30,31). The van der Waals surface area contributed by atoms with Crippen LogP contribution in [-0.4, -0.2) is 35.3 Å². The molecule has 0 aliphatic heterocycles. The fourth-order valence-electron chi connectivity index (χ4n) is 4.28. The van der Waals surface area contributed by atoms with Gasteiger partial charge in [-0.05, 0) is 62.7 Å². The van der Waals surface area contributed by atoms with Crippen LogP contribution in [-0.2, 0) is 22.6 Å². The largest absolute Gasteiger partial charge is 0.496 e. The third kappa shape index (κ3) is 5.58. The Morgan fingerprint density at radius 2 is 1.86 bits per heavy atom. The summed E-state index contributed by atoms with van der Waals surface area (Å²) >= 11 is 0. The summed E-state index contributed by atoms with van der Waals surface area (Å²) in [6.45, 7) is 6.52. The van der Waals surface area contributed by atoms with Crippen molar-refractivity contribution in [3.63, 3.8) is 0 Å². The molecular formula is C29H32N4O4. The number of nitrogens with two attached hydrogens (primary N) is 1. The molecule has 8 heteroatoms. The van der Waals surface area contributed by atoms with Crippen LogP contribution in [0, 0.1) is 5.41 Å². The van der Waals surface area contributed by atoms with Gasteiger partial charge in [-0.15, -0.1) is 0 Å². The Hall–Kier alpha value is -4.33. The number of nitrogens with zero attached hydrogens (tertiary/aromatic N) is 2. The van der Waals surface area contributed by atoms with E-state index in [4.69, 9.17) is 30.5 Å². The van der Waals surface area contributed by atoms with E-state index in [0.717, 1.165) is 33.3 Å². The highest BCUT2D eigenvalue weighted by Gasteiger charge is 2.17. The van der Waals surface area contributed by atoms with Crippen LogP contribution in [0.25, 0.3) is 22.0 Å². The van der Waals surface area contributed by atoms with Crippen LogP contribution >= 0.6 is 0 Å². The average molecular weight is 501 g/mol. The van der Waals surface area contributed by atoms with Gasteiger partial charge in [-0.25, -0.2) is 0 Å². The first-order valence-corrected chi connectivity index (χ1v) is 12.2. The first-order chi connectivity index (χ1) is 17.8. The molecule has 0 aliphatic carbocycles. The zero-order chi connectivity index (χ0) is 26.5. The average Bonchev–Trinajstić information content (AvgIpc) is 3.26. The van der Waals surface area contributed by atoms with E-state index in [-0.39, 0.29) is 30.9 Å². The van der Waals surface area contributed by atoms with Gasteiger partial charge in [0.25, 0.3) is 0 Å². The first-order valence-electron chi connectivity index (χ1n) is 12.2. The molecule has 4 rings (SSSR count). The highest BCUT2D eigenvalue weighted by atomic mass is 16.5. The van der Waals surface area contributed by atoms with Gasteiger partial charge in [0.1, 0.15) is 29.6 Å². The lowest BCUT2D eigenvalue weighted by molar-refractivity contribution is -0.142. The second-order valence-electron chi connectivity index (χ2n) is 8.92. The van der Waals surface area contributed by atoms with Gasteiger partial charge in [-0.3, -0.25) is 14.9 Å². The van der Waals surface area contributed by atoms with Crippen molar-refractivity contribution >= 4 is 22.7 Å². The zero-order valence-corrected chi connectivity index (χ0v) is 21.6. The number of nitrogens with one attached hydrogen (secondary N) is 1. The van der Waals surface area contributed by atoms with E-state index in [1.807, 2.05) is 53.2 Å². The lowest BCUT2D eigenvalue weighted by atomic mass is 9.99. The quantitative estimate of drug-likeness (QED) is 0.174. The Kier molecular flexibility index (Phi) is 7.77. The molecule has 1 aromatic heterocycles. The van der Waals surface area contributed by atoms with Crippen molar-refractivity contribution in [3.8, 4) is 22.6 Å². The molecule has 192 valence electrons. The molecule has 0 unspecified atom stereocenters. The van der Waals surface area contributed by atoms with Gasteiger partial charge in [0, 0.05) is 28.1 Å². The normalized spacial score (nSPS) is 11.1. The van der Waals surface area contributed by atoms with E-state index in [9.17, 15) is 4.79 Å². The van der Waals surface area contributed by atoms with Crippen LogP contribution in [0.15, 0.2) is 60.7 Å². The van der Waals surface area contributed by atoms with Gasteiger partial charge < -0.3 is 19.9 Å². The number of amidine groups is 1. The number of methoxy groups -OCH3 is 1. The fraction of sp³-hybridized carbons (Fsp3) is 0.276. The highest BCUT2D eigenvalue weighted by molar-refractivity contribution is 5.97. The predicted octanol–water partition coefficient (Wildman–Crippen LogP) is 5.26. The molecule has 3 N–H and O–H groups in total. The molecule has 1 heterocycles. The summed E-state index contributed by atoms with van der Waals surface area (Å²) < 4.78 is 18.9. The van der Waals surface area contributed by atoms with Gasteiger partial charge in [-0.1, -0.05) is 24.3 Å². The van der Waals surface area contributed by atoms with Crippen LogP contribution in [0.4, 0.5) is 0 Å². The number of para-hydroxylation sites is 1. The van der Waals surface area contributed by atoms with Crippen molar-refractivity contribution in [1.82, 2.24) is 9.78 Å². The van der Waals surface area contributed by atoms with Crippen molar-refractivity contribution in [1.29, 1.82) is 5.41 Å². The van der Waals surface area contributed by atoms with E-state index in [0.29, 0.717) is 23.7 Å². The number of esters is 1. The van der Waals surface area contributed by atoms with Gasteiger partial charge in [0.05, 0.1) is 25.7 Å². The summed E-state index contributed by atoms with van der Waals surface area (Å²) in [6.07, 6.45) is 0.141. The molecule has 0 radical (unpaired) electrons. The number of carbonyl (C=O) groups is 1. The van der Waals surface area contributed by atoms with Crippen LogP contribution in [0.3, 0.4) is 0 Å². The SMILES string of the molecule is CCOC(=O)Cc1ccccc1OCc1nn(C(C)C)c2ccc(-c3cc(C(=N)N)ccc3OC)cc12. The maximum absolute atomic E-state index is 12.1. The lowest BCUT2D eigenvalue weighted by Gasteiger charge is -2.12. The molecule has 0 fully saturated rings. The highest BCUT2D eigenvalue weighted by Crippen LogP contribution is 2.34. The summed E-state index contributed by atoms with van der Waals surface area (Å²) in [6, 6.07) is 19.2. The molecule has 37 heavy (non-hydrogen) atoms. The Morgan fingerprint density at radius 1 is 1.08 bits per heavy atom. The van der Waals surface area contributed by atoms with E-state index < -0.39 is 0 Å². The van der Waals surface area contributed by atoms with E-state index in [1.54, 1.807) is 20.1 Å². The van der Waals surface area contributed by atoms with E-state index in [2.05, 4.69) is 19.9 Å². The third-order valence-electron chi connectivity index (χ3n) is 6.07. The van der Waals surface area contributed by atoms with Crippen molar-refractivity contribution < 1.29 is 19.0 Å². The minimum Gasteiger partial charge on any atom is -0.496 e. The Labute approximate surface area is 216 Å². The number of ether oxygens (including phenoxy) is 3. The molecule has 8 nitrogen and oxygen atoms in total. The fourth-order valence-corrected chi connectivity index (χ4v) is 4.28. The monoisotopic (exact) mass is 500 g/mol. The molecule has 4 aromatic rings. The zero-order valence-electron chi connectivity index (χ0n) is 21.6. The molecule has 0 atom stereocenters. The molecule has 0 saturated heterocycles. The minimum atomic E-state index is -0.292. The van der Waals surface area contributed by atoms with Crippen LogP contribution in [0.2, 0.25) is 0 Å². The number of aromatic nitrogens is 2. The number of carbonyl (C=O) groups excluding carboxylic acids is 1. The van der Waals surface area contributed by atoms with E-state index >= 15 is 0 Å². The molecule has 0 bridgehead atoms. The van der Waals surface area contributed by atoms with Gasteiger partial charge in [-0.2, -0.15) is 5.10 Å². The van der Waals surface area contributed by atoms with Gasteiger partial charge >= 0.3 is 5.97 Å². The Morgan fingerprint density at radius 3 is 2.57 bits per heavy atom. The second-order valence-corrected chi connectivity index (χ2v) is 8.92. The minimum absolute atomic E-state index is 0.00631. The maximum Gasteiger partial charge on any atom is 0.310 e. The molecule has 0 aliphatic rings. The topological polar surface area (TPSA) is 112 Å². The maximum atomic E-state index is 12.1. The summed E-state index contributed by atoms with van der Waals surface area (Å²) in [7, 11) is 1.62. The van der Waals surface area contributed by atoms with Gasteiger partial charge in [0.15, 0.2) is 0 Å². The molecule has 3 aromatic carbocycles. The summed E-state index contributed by atoms with van der Waals surface area (Å²) in [5.74, 6) is 1.01. The number of rotatable bonds is 10. The predicted molar refractivity (Wildman–Crippen MR) is 144 cm³/mol. The van der Waals surface area contributed by atoms with Crippen molar-refractivity contribution in [2.24, 2.45) is 5.73 Å². The third-order valence-corrected chi connectivity index (χ3v) is 6.07. The van der Waals surface area contributed by atoms with E-state index in [1.165, 1.54) is 0 Å². The lowest BCUT2D eigenvalue weighted by Crippen LogP contribution is -2.11. The van der Waals surface area contributed by atoms with Crippen LogP contribution < -0.4 is 15.2 Å². The number of nitrogen functional groups attached to an aromatic ring is 1. The molecule has 0 amide bonds. The Bertz CT molecular complexity index is 1440. The molecule has 0 spiro atoms. The molecule has 0 saturated carbocycles. The number of fused-ring (bicyclic) bond motifs is 1. The first kappa shape index (κ1) is 25.8. The summed E-state index contributed by atoms with van der Waals surface area (Å²) in [5.41, 5.74) is 10.6. The number of hydrogen-bond donors (Lipinski definition) is 2. The number of benzene rings is 3. The second kappa shape index (κ2) is 11.2.